The second kappa shape index (κ2) is 10.5. The first kappa shape index (κ1) is 22.1. The summed E-state index contributed by atoms with van der Waals surface area (Å²) < 4.78 is 9.99. The third-order valence-electron chi connectivity index (χ3n) is 4.58. The second-order valence-corrected chi connectivity index (χ2v) is 10.2. The topological polar surface area (TPSA) is 73.1 Å². The number of fused-ring (bicyclic) bond motifs is 1. The fraction of sp³-hybridized carbons (Fsp3) is 0.318. The molecule has 4 aromatic rings. The molecule has 2 heterocycles. The van der Waals surface area contributed by atoms with Crippen molar-refractivity contribution in [3.63, 3.8) is 0 Å². The van der Waals surface area contributed by atoms with Gasteiger partial charge in [-0.1, -0.05) is 53.4 Å². The number of ether oxygens (including phenoxy) is 1. The number of aromatic nitrogens is 4. The molecule has 0 amide bonds. The first-order chi connectivity index (χ1) is 15.1. The van der Waals surface area contributed by atoms with Crippen LogP contribution in [0, 0.1) is 6.92 Å². The Balaban J connectivity index is 1.30. The molecule has 0 bridgehead atoms. The Kier molecular flexibility index (Phi) is 7.49. The first-order valence-electron chi connectivity index (χ1n) is 10.0. The fourth-order valence-electron chi connectivity index (χ4n) is 2.94. The average molecular weight is 473 g/mol. The van der Waals surface area contributed by atoms with Crippen LogP contribution in [0.15, 0.2) is 58.0 Å². The predicted molar refractivity (Wildman–Crippen MR) is 128 cm³/mol. The number of rotatable bonds is 10. The minimum Gasteiger partial charge on any atom is -0.491 e. The van der Waals surface area contributed by atoms with Crippen molar-refractivity contribution in [3.05, 3.63) is 59.9 Å². The average Bonchev–Trinajstić information content (AvgIpc) is 3.38. The number of hydrogen-bond donors (Lipinski definition) is 1. The van der Waals surface area contributed by atoms with Gasteiger partial charge in [-0.3, -0.25) is 0 Å². The van der Waals surface area contributed by atoms with Gasteiger partial charge in [-0.2, -0.15) is 0 Å². The fourth-order valence-corrected chi connectivity index (χ4v) is 5.87. The van der Waals surface area contributed by atoms with Gasteiger partial charge in [0, 0.05) is 12.3 Å². The van der Waals surface area contributed by atoms with E-state index in [1.54, 1.807) is 23.1 Å². The summed E-state index contributed by atoms with van der Waals surface area (Å²) >= 11 is 4.88. The molecule has 1 N–H and O–H groups in total. The molecule has 0 aliphatic rings. The maximum absolute atomic E-state index is 10.3. The lowest BCUT2D eigenvalue weighted by molar-refractivity contribution is 0.126. The van der Waals surface area contributed by atoms with Gasteiger partial charge in [0.15, 0.2) is 9.50 Å². The molecular formula is C22H24N4O2S3. The van der Waals surface area contributed by atoms with Gasteiger partial charge in [0.05, 0.1) is 22.1 Å². The van der Waals surface area contributed by atoms with Gasteiger partial charge in [0.1, 0.15) is 18.2 Å². The molecule has 2 aromatic carbocycles. The molecule has 6 nitrogen and oxygen atoms in total. The minimum atomic E-state index is -0.589. The van der Waals surface area contributed by atoms with Crippen molar-refractivity contribution in [1.29, 1.82) is 0 Å². The van der Waals surface area contributed by atoms with Crippen LogP contribution < -0.4 is 4.74 Å². The zero-order chi connectivity index (χ0) is 21.6. The largest absolute Gasteiger partial charge is 0.491 e. The first-order valence-corrected chi connectivity index (χ1v) is 12.8. The summed E-state index contributed by atoms with van der Waals surface area (Å²) in [6.07, 6.45) is -0.589. The van der Waals surface area contributed by atoms with Crippen LogP contribution in [0.5, 0.6) is 5.75 Å². The van der Waals surface area contributed by atoms with Crippen LogP contribution in [0.4, 0.5) is 0 Å². The summed E-state index contributed by atoms with van der Waals surface area (Å²) in [4.78, 5) is 4.67. The highest BCUT2D eigenvalue weighted by Crippen LogP contribution is 2.31. The molecule has 0 saturated carbocycles. The molecule has 4 rings (SSSR count). The Labute approximate surface area is 194 Å². The SMILES string of the molecule is CCn1c(CSc2nc3ccccc3s2)nnc1SCC(O)COc1ccc(C)cc1. The number of aliphatic hydroxyl groups is 1. The number of hydrogen-bond acceptors (Lipinski definition) is 8. The predicted octanol–water partition coefficient (Wildman–Crippen LogP) is 5.04. The van der Waals surface area contributed by atoms with E-state index in [4.69, 9.17) is 4.74 Å². The Morgan fingerprint density at radius 1 is 1.10 bits per heavy atom. The van der Waals surface area contributed by atoms with Gasteiger partial charge >= 0.3 is 0 Å². The molecule has 9 heteroatoms. The maximum Gasteiger partial charge on any atom is 0.191 e. The monoisotopic (exact) mass is 472 g/mol. The zero-order valence-corrected chi connectivity index (χ0v) is 19.8. The Bertz CT molecular complexity index is 1090. The molecule has 31 heavy (non-hydrogen) atoms. The second-order valence-electron chi connectivity index (χ2n) is 6.97. The smallest absolute Gasteiger partial charge is 0.191 e. The van der Waals surface area contributed by atoms with E-state index < -0.39 is 6.10 Å². The standard InChI is InChI=1S/C22H24N4O2S3/c1-3-26-20(14-30-22-23-18-6-4-5-7-19(18)31-22)24-25-21(26)29-13-16(27)12-28-17-10-8-15(2)9-11-17/h4-11,16,27H,3,12-14H2,1-2H3. The van der Waals surface area contributed by atoms with Crippen LogP contribution in [0.2, 0.25) is 0 Å². The maximum atomic E-state index is 10.3. The summed E-state index contributed by atoms with van der Waals surface area (Å²) in [5, 5.41) is 19.8. The van der Waals surface area contributed by atoms with E-state index in [2.05, 4.69) is 32.7 Å². The van der Waals surface area contributed by atoms with Crippen molar-refractivity contribution in [1.82, 2.24) is 19.7 Å². The van der Waals surface area contributed by atoms with Crippen molar-refractivity contribution in [3.8, 4) is 5.75 Å². The van der Waals surface area contributed by atoms with E-state index in [-0.39, 0.29) is 6.61 Å². The summed E-state index contributed by atoms with van der Waals surface area (Å²) in [6.45, 7) is 5.14. The van der Waals surface area contributed by atoms with E-state index in [1.807, 2.05) is 49.4 Å². The van der Waals surface area contributed by atoms with Gasteiger partial charge in [-0.25, -0.2) is 4.98 Å². The number of aryl methyl sites for hydroxylation is 1. The summed E-state index contributed by atoms with van der Waals surface area (Å²) in [5.41, 5.74) is 2.21. The molecule has 1 unspecified atom stereocenters. The number of thioether (sulfide) groups is 2. The lowest BCUT2D eigenvalue weighted by Crippen LogP contribution is -2.20. The van der Waals surface area contributed by atoms with E-state index in [1.165, 1.54) is 22.0 Å². The van der Waals surface area contributed by atoms with Crippen molar-refractivity contribution >= 4 is 45.1 Å². The van der Waals surface area contributed by atoms with Gasteiger partial charge in [0.25, 0.3) is 0 Å². The van der Waals surface area contributed by atoms with E-state index in [0.29, 0.717) is 11.5 Å². The lowest BCUT2D eigenvalue weighted by atomic mass is 10.2. The van der Waals surface area contributed by atoms with Crippen LogP contribution in [0.25, 0.3) is 10.2 Å². The van der Waals surface area contributed by atoms with E-state index in [0.717, 1.165) is 33.1 Å². The van der Waals surface area contributed by atoms with Gasteiger partial charge in [-0.05, 0) is 38.1 Å². The number of para-hydroxylation sites is 1. The number of thiazole rings is 1. The van der Waals surface area contributed by atoms with Crippen molar-refractivity contribution < 1.29 is 9.84 Å². The third kappa shape index (κ3) is 5.79. The Morgan fingerprint density at radius 3 is 2.68 bits per heavy atom. The van der Waals surface area contributed by atoms with Crippen LogP contribution in [0.1, 0.15) is 18.3 Å². The van der Waals surface area contributed by atoms with Gasteiger partial charge in [0.2, 0.25) is 0 Å². The molecular weight excluding hydrogens is 448 g/mol. The van der Waals surface area contributed by atoms with Gasteiger partial charge < -0.3 is 14.4 Å². The molecule has 0 fully saturated rings. The highest BCUT2D eigenvalue weighted by Gasteiger charge is 2.15. The minimum absolute atomic E-state index is 0.247. The van der Waals surface area contributed by atoms with Crippen LogP contribution >= 0.6 is 34.9 Å². The normalized spacial score (nSPS) is 12.4. The summed E-state index contributed by atoms with van der Waals surface area (Å²) in [5.74, 6) is 2.88. The molecule has 0 saturated heterocycles. The van der Waals surface area contributed by atoms with Gasteiger partial charge in [-0.15, -0.1) is 21.5 Å². The summed E-state index contributed by atoms with van der Waals surface area (Å²) in [6, 6.07) is 16.0. The molecule has 0 aliphatic carbocycles. The Hall–Kier alpha value is -2.07. The highest BCUT2D eigenvalue weighted by atomic mass is 32.2. The molecule has 0 aliphatic heterocycles. The molecule has 162 valence electrons. The third-order valence-corrected chi connectivity index (χ3v) is 7.86. The van der Waals surface area contributed by atoms with E-state index >= 15 is 0 Å². The van der Waals surface area contributed by atoms with Crippen LogP contribution in [-0.4, -0.2) is 43.3 Å². The van der Waals surface area contributed by atoms with E-state index in [9.17, 15) is 5.11 Å². The van der Waals surface area contributed by atoms with Crippen molar-refractivity contribution in [2.75, 3.05) is 12.4 Å². The number of benzene rings is 2. The molecule has 0 spiro atoms. The molecule has 0 radical (unpaired) electrons. The lowest BCUT2D eigenvalue weighted by Gasteiger charge is -2.12. The number of aliphatic hydroxyl groups excluding tert-OH is 1. The molecule has 2 aromatic heterocycles. The number of nitrogens with zero attached hydrogens (tertiary/aromatic N) is 4. The quantitative estimate of drug-likeness (QED) is 0.324. The molecule has 1 atom stereocenters. The zero-order valence-electron chi connectivity index (χ0n) is 17.4. The van der Waals surface area contributed by atoms with Crippen molar-refractivity contribution in [2.45, 2.75) is 41.7 Å². The van der Waals surface area contributed by atoms with Crippen LogP contribution in [-0.2, 0) is 12.3 Å². The Morgan fingerprint density at radius 2 is 1.90 bits per heavy atom. The van der Waals surface area contributed by atoms with Crippen molar-refractivity contribution in [2.24, 2.45) is 0 Å². The highest BCUT2D eigenvalue weighted by molar-refractivity contribution is 8.00. The van der Waals surface area contributed by atoms with Crippen LogP contribution in [0.3, 0.4) is 0 Å². The summed E-state index contributed by atoms with van der Waals surface area (Å²) in [7, 11) is 0.